The normalized spacial score (nSPS) is 25.8. The zero-order valence-corrected chi connectivity index (χ0v) is 14.9. The van der Waals surface area contributed by atoms with Crippen molar-refractivity contribution in [2.45, 2.75) is 57.5 Å². The third-order valence-corrected chi connectivity index (χ3v) is 5.17. The molecule has 2 aliphatic rings. The molecule has 0 saturated carbocycles. The largest absolute Gasteiger partial charge is 0.468 e. The number of likely N-dealkylation sites (tertiary alicyclic amines) is 1. The van der Waals surface area contributed by atoms with E-state index in [4.69, 9.17) is 9.15 Å². The van der Waals surface area contributed by atoms with Crippen LogP contribution in [0.15, 0.2) is 35.2 Å². The summed E-state index contributed by atoms with van der Waals surface area (Å²) >= 11 is 0. The summed E-state index contributed by atoms with van der Waals surface area (Å²) in [4.78, 5) is 23.3. The summed E-state index contributed by atoms with van der Waals surface area (Å²) in [6.07, 6.45) is 7.51. The highest BCUT2D eigenvalue weighted by Gasteiger charge is 2.41. The summed E-state index contributed by atoms with van der Waals surface area (Å²) in [5.41, 5.74) is 1.62. The van der Waals surface area contributed by atoms with Gasteiger partial charge in [0.05, 0.1) is 43.0 Å². The summed E-state index contributed by atoms with van der Waals surface area (Å²) in [5.74, 6) is 0.917. The Morgan fingerprint density at radius 1 is 1.31 bits per heavy atom. The van der Waals surface area contributed by atoms with Crippen molar-refractivity contribution in [1.29, 1.82) is 0 Å². The smallest absolute Gasteiger partial charge is 0.249 e. The lowest BCUT2D eigenvalue weighted by Crippen LogP contribution is -2.47. The van der Waals surface area contributed by atoms with Crippen LogP contribution in [0.1, 0.15) is 36.4 Å². The molecule has 138 valence electrons. The Labute approximate surface area is 152 Å². The van der Waals surface area contributed by atoms with E-state index in [1.165, 1.54) is 0 Å². The number of carbonyl (C=O) groups is 1. The Morgan fingerprint density at radius 3 is 3.00 bits per heavy atom. The molecule has 2 aromatic rings. The van der Waals surface area contributed by atoms with Crippen LogP contribution in [0.4, 0.5) is 0 Å². The van der Waals surface area contributed by atoms with Crippen molar-refractivity contribution in [3.63, 3.8) is 0 Å². The zero-order valence-electron chi connectivity index (χ0n) is 14.9. The molecule has 0 radical (unpaired) electrons. The number of aromatic nitrogens is 2. The minimum atomic E-state index is -0.377. The number of nitrogens with zero attached hydrogens (tertiary/aromatic N) is 3. The second-order valence-corrected chi connectivity index (χ2v) is 7.01. The van der Waals surface area contributed by atoms with Crippen molar-refractivity contribution < 1.29 is 13.9 Å². The van der Waals surface area contributed by atoms with E-state index in [2.05, 4.69) is 20.2 Å². The predicted molar refractivity (Wildman–Crippen MR) is 94.0 cm³/mol. The van der Waals surface area contributed by atoms with E-state index < -0.39 is 0 Å². The fourth-order valence-electron chi connectivity index (χ4n) is 3.81. The third kappa shape index (κ3) is 3.78. The van der Waals surface area contributed by atoms with Gasteiger partial charge >= 0.3 is 0 Å². The molecule has 26 heavy (non-hydrogen) atoms. The van der Waals surface area contributed by atoms with Crippen molar-refractivity contribution in [1.82, 2.24) is 20.2 Å². The van der Waals surface area contributed by atoms with E-state index in [-0.39, 0.29) is 18.1 Å². The van der Waals surface area contributed by atoms with Crippen LogP contribution in [0, 0.1) is 6.92 Å². The Kier molecular flexibility index (Phi) is 4.99. The summed E-state index contributed by atoms with van der Waals surface area (Å²) in [6, 6.07) is 4.28. The number of nitrogens with one attached hydrogen (secondary N) is 1. The first kappa shape index (κ1) is 17.2. The topological polar surface area (TPSA) is 80.5 Å². The van der Waals surface area contributed by atoms with Gasteiger partial charge in [-0.2, -0.15) is 0 Å². The van der Waals surface area contributed by atoms with Crippen molar-refractivity contribution in [2.24, 2.45) is 0 Å². The lowest BCUT2D eigenvalue weighted by atomic mass is 9.98. The van der Waals surface area contributed by atoms with Crippen molar-refractivity contribution in [3.05, 3.63) is 47.9 Å². The van der Waals surface area contributed by atoms with E-state index >= 15 is 0 Å². The lowest BCUT2D eigenvalue weighted by Gasteiger charge is -2.35. The van der Waals surface area contributed by atoms with Gasteiger partial charge in [0.2, 0.25) is 5.91 Å². The van der Waals surface area contributed by atoms with Crippen LogP contribution in [-0.2, 0) is 22.6 Å². The van der Waals surface area contributed by atoms with Crippen LogP contribution >= 0.6 is 0 Å². The van der Waals surface area contributed by atoms with E-state index in [9.17, 15) is 4.79 Å². The number of hydrogen-bond acceptors (Lipinski definition) is 6. The average molecular weight is 356 g/mol. The number of carbonyl (C=O) groups excluding carboxylic acids is 1. The standard InChI is InChI=1S/C19H24N4O3/c1-13-9-21-14(10-20-13)11-22-19(24)18-5-4-16-17(26-18)6-7-23(16)12-15-3-2-8-25-15/h2-3,8-10,16-18H,4-7,11-12H2,1H3,(H,22,24)/t16-,17-,18+/m1/s1. The van der Waals surface area contributed by atoms with Crippen LogP contribution in [0.2, 0.25) is 0 Å². The molecule has 0 unspecified atom stereocenters. The first-order valence-corrected chi connectivity index (χ1v) is 9.16. The molecule has 1 amide bonds. The lowest BCUT2D eigenvalue weighted by molar-refractivity contribution is -0.144. The van der Waals surface area contributed by atoms with Gasteiger partial charge in [0, 0.05) is 18.8 Å². The van der Waals surface area contributed by atoms with Gasteiger partial charge in [-0.1, -0.05) is 0 Å². The number of furan rings is 1. The number of hydrogen-bond donors (Lipinski definition) is 1. The van der Waals surface area contributed by atoms with Gasteiger partial charge in [0.1, 0.15) is 11.9 Å². The Hall–Kier alpha value is -2.25. The predicted octanol–water partition coefficient (Wildman–Crippen LogP) is 1.82. The fourth-order valence-corrected chi connectivity index (χ4v) is 3.81. The molecule has 0 aromatic carbocycles. The summed E-state index contributed by atoms with van der Waals surface area (Å²) in [7, 11) is 0. The maximum absolute atomic E-state index is 12.5. The van der Waals surface area contributed by atoms with Crippen LogP contribution in [0.25, 0.3) is 0 Å². The number of ether oxygens (including phenoxy) is 1. The molecule has 3 atom stereocenters. The second-order valence-electron chi connectivity index (χ2n) is 7.01. The Balaban J connectivity index is 1.28. The van der Waals surface area contributed by atoms with Gasteiger partial charge in [0.15, 0.2) is 0 Å². The Morgan fingerprint density at radius 2 is 2.23 bits per heavy atom. The highest BCUT2D eigenvalue weighted by Crippen LogP contribution is 2.32. The van der Waals surface area contributed by atoms with Crippen LogP contribution in [-0.4, -0.2) is 45.6 Å². The van der Waals surface area contributed by atoms with E-state index in [1.807, 2.05) is 19.1 Å². The summed E-state index contributed by atoms with van der Waals surface area (Å²) in [5, 5.41) is 2.92. The number of rotatable bonds is 5. The number of fused-ring (bicyclic) bond motifs is 1. The van der Waals surface area contributed by atoms with Gasteiger partial charge in [-0.05, 0) is 38.3 Å². The molecule has 2 aliphatic heterocycles. The molecular weight excluding hydrogens is 332 g/mol. The fraction of sp³-hybridized carbons (Fsp3) is 0.526. The summed E-state index contributed by atoms with van der Waals surface area (Å²) < 4.78 is 11.6. The third-order valence-electron chi connectivity index (χ3n) is 5.17. The van der Waals surface area contributed by atoms with Crippen LogP contribution in [0.5, 0.6) is 0 Å². The maximum atomic E-state index is 12.5. The number of aryl methyl sites for hydroxylation is 1. The minimum absolute atomic E-state index is 0.0599. The second kappa shape index (κ2) is 7.55. The van der Waals surface area contributed by atoms with Gasteiger partial charge in [-0.15, -0.1) is 0 Å². The molecule has 2 aromatic heterocycles. The molecule has 4 heterocycles. The van der Waals surface area contributed by atoms with E-state index in [1.54, 1.807) is 18.7 Å². The molecule has 1 N–H and O–H groups in total. The van der Waals surface area contributed by atoms with Crippen molar-refractivity contribution in [3.8, 4) is 0 Å². The molecule has 2 fully saturated rings. The van der Waals surface area contributed by atoms with E-state index in [0.717, 1.165) is 49.5 Å². The molecule has 7 nitrogen and oxygen atoms in total. The highest BCUT2D eigenvalue weighted by atomic mass is 16.5. The molecular formula is C19H24N4O3. The monoisotopic (exact) mass is 356 g/mol. The average Bonchev–Trinajstić information content (AvgIpc) is 3.31. The zero-order chi connectivity index (χ0) is 17.9. The van der Waals surface area contributed by atoms with Crippen molar-refractivity contribution in [2.75, 3.05) is 6.54 Å². The summed E-state index contributed by atoms with van der Waals surface area (Å²) in [6.45, 7) is 4.05. The maximum Gasteiger partial charge on any atom is 0.249 e. The van der Waals surface area contributed by atoms with Gasteiger partial charge in [0.25, 0.3) is 0 Å². The van der Waals surface area contributed by atoms with Gasteiger partial charge in [-0.25, -0.2) is 0 Å². The molecule has 2 saturated heterocycles. The van der Waals surface area contributed by atoms with Crippen LogP contribution in [0.3, 0.4) is 0 Å². The number of amides is 1. The first-order valence-electron chi connectivity index (χ1n) is 9.16. The first-order chi connectivity index (χ1) is 12.7. The van der Waals surface area contributed by atoms with Crippen LogP contribution < -0.4 is 5.32 Å². The quantitative estimate of drug-likeness (QED) is 0.880. The Bertz CT molecular complexity index is 732. The molecule has 7 heteroatoms. The van der Waals surface area contributed by atoms with Gasteiger partial charge in [-0.3, -0.25) is 19.7 Å². The SMILES string of the molecule is Cc1cnc(CNC(=O)[C@@H]2CC[C@@H]3[C@@H](CCN3Cc3ccco3)O2)cn1. The van der Waals surface area contributed by atoms with Gasteiger partial charge < -0.3 is 14.5 Å². The molecule has 0 spiro atoms. The van der Waals surface area contributed by atoms with E-state index in [0.29, 0.717) is 12.6 Å². The molecule has 0 bridgehead atoms. The molecule has 4 rings (SSSR count). The molecule has 0 aliphatic carbocycles. The minimum Gasteiger partial charge on any atom is -0.468 e. The van der Waals surface area contributed by atoms with Crippen molar-refractivity contribution >= 4 is 5.91 Å². The highest BCUT2D eigenvalue weighted by molar-refractivity contribution is 5.80.